The molecule has 0 radical (unpaired) electrons. The quantitative estimate of drug-likeness (QED) is 0.538. The lowest BCUT2D eigenvalue weighted by Crippen LogP contribution is -2.42. The number of hydrogen-bond acceptors (Lipinski definition) is 7. The molecule has 1 amide bonds. The second-order valence-corrected chi connectivity index (χ2v) is 10.7. The number of likely N-dealkylation sites (tertiary alicyclic amines) is 1. The monoisotopic (exact) mass is 492 g/mol. The first kappa shape index (κ1) is 24.6. The van der Waals surface area contributed by atoms with Crippen LogP contribution in [-0.2, 0) is 42.6 Å². The molecule has 3 heterocycles. The first-order valence-corrected chi connectivity index (χ1v) is 13.2. The van der Waals surface area contributed by atoms with Crippen LogP contribution < -0.4 is 0 Å². The summed E-state index contributed by atoms with van der Waals surface area (Å²) in [4.78, 5) is 31.4. The molecule has 0 aliphatic carbocycles. The molecule has 4 rings (SSSR count). The Kier molecular flexibility index (Phi) is 7.54. The Bertz CT molecular complexity index is 1150. The zero-order valence-corrected chi connectivity index (χ0v) is 20.6. The van der Waals surface area contributed by atoms with E-state index < -0.39 is 22.1 Å². The van der Waals surface area contributed by atoms with E-state index in [9.17, 15) is 18.0 Å². The number of ether oxygens (including phenoxy) is 2. The lowest BCUT2D eigenvalue weighted by atomic mass is 10.1. The van der Waals surface area contributed by atoms with Crippen LogP contribution in [0, 0.1) is 0 Å². The Morgan fingerprint density at radius 3 is 2.53 bits per heavy atom. The fraction of sp³-hybridized carbons (Fsp3) is 0.609. The highest BCUT2D eigenvalue weighted by molar-refractivity contribution is 7.89. The molecule has 11 heteroatoms. The fourth-order valence-corrected chi connectivity index (χ4v) is 5.87. The standard InChI is InChI=1S/C23H32N4O6S/c1-17(23(29)26-10-4-3-5-11-26)33-22(28)9-8-21-24-19-16-18(6-7-20(19)25(21)2)34(30,31)27-12-14-32-15-13-27/h6-7,16-17H,3-5,8-15H2,1-2H3/t17-/m0/s1. The van der Waals surface area contributed by atoms with Crippen molar-refractivity contribution in [3.63, 3.8) is 0 Å². The van der Waals surface area contributed by atoms with E-state index in [1.165, 1.54) is 4.31 Å². The van der Waals surface area contributed by atoms with E-state index in [0.717, 1.165) is 24.8 Å². The molecule has 10 nitrogen and oxygen atoms in total. The minimum Gasteiger partial charge on any atom is -0.453 e. The van der Waals surface area contributed by atoms with E-state index in [0.29, 0.717) is 57.2 Å². The smallest absolute Gasteiger partial charge is 0.307 e. The molecular weight excluding hydrogens is 460 g/mol. The van der Waals surface area contributed by atoms with Gasteiger partial charge in [-0.2, -0.15) is 4.31 Å². The second kappa shape index (κ2) is 10.4. The molecule has 1 aromatic carbocycles. The van der Waals surface area contributed by atoms with Crippen molar-refractivity contribution in [3.8, 4) is 0 Å². The number of aryl methyl sites for hydroxylation is 2. The molecule has 2 aliphatic rings. The van der Waals surface area contributed by atoms with E-state index in [1.807, 2.05) is 11.6 Å². The second-order valence-electron chi connectivity index (χ2n) is 8.77. The Balaban J connectivity index is 1.39. The number of imidazole rings is 1. The van der Waals surface area contributed by atoms with Gasteiger partial charge in [0.2, 0.25) is 10.0 Å². The van der Waals surface area contributed by atoms with Gasteiger partial charge in [0, 0.05) is 39.6 Å². The highest BCUT2D eigenvalue weighted by Crippen LogP contribution is 2.23. The summed E-state index contributed by atoms with van der Waals surface area (Å²) in [7, 11) is -1.79. The third-order valence-corrected chi connectivity index (χ3v) is 8.32. The van der Waals surface area contributed by atoms with E-state index in [2.05, 4.69) is 4.98 Å². The summed E-state index contributed by atoms with van der Waals surface area (Å²) >= 11 is 0. The van der Waals surface area contributed by atoms with Crippen molar-refractivity contribution in [2.24, 2.45) is 7.05 Å². The molecule has 0 N–H and O–H groups in total. The van der Waals surface area contributed by atoms with Gasteiger partial charge in [-0.05, 0) is 44.4 Å². The number of sulfonamides is 1. The average molecular weight is 493 g/mol. The van der Waals surface area contributed by atoms with Crippen LogP contribution in [0.1, 0.15) is 38.4 Å². The van der Waals surface area contributed by atoms with Gasteiger partial charge in [0.1, 0.15) is 5.82 Å². The molecule has 186 valence electrons. The van der Waals surface area contributed by atoms with E-state index in [4.69, 9.17) is 9.47 Å². The minimum absolute atomic E-state index is 0.0771. The lowest BCUT2D eigenvalue weighted by molar-refractivity contribution is -0.159. The summed E-state index contributed by atoms with van der Waals surface area (Å²) in [6.45, 7) is 4.46. The summed E-state index contributed by atoms with van der Waals surface area (Å²) in [6, 6.07) is 4.89. The van der Waals surface area contributed by atoms with Crippen LogP contribution in [0.15, 0.2) is 23.1 Å². The number of nitrogens with zero attached hydrogens (tertiary/aromatic N) is 4. The van der Waals surface area contributed by atoms with Crippen molar-refractivity contribution < 1.29 is 27.5 Å². The van der Waals surface area contributed by atoms with Crippen LogP contribution >= 0.6 is 0 Å². The van der Waals surface area contributed by atoms with Crippen molar-refractivity contribution >= 4 is 32.9 Å². The normalized spacial score (nSPS) is 18.7. The maximum absolute atomic E-state index is 13.0. The molecule has 2 saturated heterocycles. The summed E-state index contributed by atoms with van der Waals surface area (Å²) in [5.74, 6) is 0.0353. The van der Waals surface area contributed by atoms with Crippen LogP contribution in [-0.4, -0.2) is 84.5 Å². The number of carbonyl (C=O) groups excluding carboxylic acids is 2. The molecule has 34 heavy (non-hydrogen) atoms. The van der Waals surface area contributed by atoms with Gasteiger partial charge in [-0.25, -0.2) is 13.4 Å². The van der Waals surface area contributed by atoms with E-state index in [-0.39, 0.29) is 17.2 Å². The number of hydrogen-bond donors (Lipinski definition) is 0. The number of morpholine rings is 1. The number of fused-ring (bicyclic) bond motifs is 1. The van der Waals surface area contributed by atoms with Crippen LogP contribution in [0.3, 0.4) is 0 Å². The number of rotatable bonds is 7. The molecule has 2 aromatic rings. The van der Waals surface area contributed by atoms with Gasteiger partial charge in [-0.3, -0.25) is 9.59 Å². The minimum atomic E-state index is -3.62. The highest BCUT2D eigenvalue weighted by atomic mass is 32.2. The van der Waals surface area contributed by atoms with Gasteiger partial charge in [0.15, 0.2) is 6.10 Å². The van der Waals surface area contributed by atoms with Gasteiger partial charge >= 0.3 is 5.97 Å². The molecule has 1 atom stereocenters. The Morgan fingerprint density at radius 2 is 1.82 bits per heavy atom. The van der Waals surface area contributed by atoms with Gasteiger partial charge in [-0.15, -0.1) is 0 Å². The van der Waals surface area contributed by atoms with Crippen molar-refractivity contribution in [1.82, 2.24) is 18.8 Å². The highest BCUT2D eigenvalue weighted by Gasteiger charge is 2.27. The van der Waals surface area contributed by atoms with Crippen LogP contribution in [0.4, 0.5) is 0 Å². The maximum atomic E-state index is 13.0. The van der Waals surface area contributed by atoms with Gasteiger partial charge in [0.05, 0.1) is 35.6 Å². The molecule has 2 fully saturated rings. The summed E-state index contributed by atoms with van der Waals surface area (Å²) in [6.07, 6.45) is 2.67. The number of piperidine rings is 1. The fourth-order valence-electron chi connectivity index (χ4n) is 4.44. The topological polar surface area (TPSA) is 111 Å². The van der Waals surface area contributed by atoms with Crippen LogP contribution in [0.2, 0.25) is 0 Å². The average Bonchev–Trinajstić information content (AvgIpc) is 3.18. The largest absolute Gasteiger partial charge is 0.453 e. The Morgan fingerprint density at radius 1 is 1.12 bits per heavy atom. The first-order valence-electron chi connectivity index (χ1n) is 11.8. The number of amides is 1. The van der Waals surface area contributed by atoms with E-state index in [1.54, 1.807) is 30.0 Å². The number of carbonyl (C=O) groups is 2. The van der Waals surface area contributed by atoms with Crippen molar-refractivity contribution in [2.75, 3.05) is 39.4 Å². The number of benzene rings is 1. The third kappa shape index (κ3) is 5.26. The SMILES string of the molecule is C[C@H](OC(=O)CCc1nc2cc(S(=O)(=O)N3CCOCC3)ccc2n1C)C(=O)N1CCCCC1. The van der Waals surface area contributed by atoms with Crippen molar-refractivity contribution in [2.45, 2.75) is 50.0 Å². The Hall–Kier alpha value is -2.50. The molecule has 1 aromatic heterocycles. The molecule has 0 spiro atoms. The maximum Gasteiger partial charge on any atom is 0.307 e. The predicted molar refractivity (Wildman–Crippen MR) is 125 cm³/mol. The van der Waals surface area contributed by atoms with Gasteiger partial charge < -0.3 is 18.9 Å². The first-order chi connectivity index (χ1) is 16.3. The predicted octanol–water partition coefficient (Wildman–Crippen LogP) is 1.47. The number of aromatic nitrogens is 2. The van der Waals surface area contributed by atoms with Crippen LogP contribution in [0.5, 0.6) is 0 Å². The zero-order valence-electron chi connectivity index (χ0n) is 19.7. The summed E-state index contributed by atoms with van der Waals surface area (Å²) in [5.41, 5.74) is 1.33. The van der Waals surface area contributed by atoms with Crippen molar-refractivity contribution in [3.05, 3.63) is 24.0 Å². The van der Waals surface area contributed by atoms with Gasteiger partial charge in [0.25, 0.3) is 5.91 Å². The summed E-state index contributed by atoms with van der Waals surface area (Å²) < 4.78 is 39.8. The third-order valence-electron chi connectivity index (χ3n) is 6.43. The van der Waals surface area contributed by atoms with E-state index >= 15 is 0 Å². The zero-order chi connectivity index (χ0) is 24.3. The van der Waals surface area contributed by atoms with Crippen LogP contribution in [0.25, 0.3) is 11.0 Å². The lowest BCUT2D eigenvalue weighted by Gasteiger charge is -2.28. The van der Waals surface area contributed by atoms with Gasteiger partial charge in [-0.1, -0.05) is 0 Å². The molecular formula is C23H32N4O6S. The molecule has 0 bridgehead atoms. The Labute approximate surface area is 199 Å². The molecule has 0 saturated carbocycles. The summed E-state index contributed by atoms with van der Waals surface area (Å²) in [5, 5.41) is 0. The van der Waals surface area contributed by atoms with Crippen molar-refractivity contribution in [1.29, 1.82) is 0 Å². The molecule has 2 aliphatic heterocycles. The molecule has 0 unspecified atom stereocenters. The number of esters is 1.